The van der Waals surface area contributed by atoms with Gasteiger partial charge in [0.2, 0.25) is 0 Å². The fourth-order valence-electron chi connectivity index (χ4n) is 4.08. The van der Waals surface area contributed by atoms with Crippen LogP contribution in [0.25, 0.3) is 5.69 Å². The van der Waals surface area contributed by atoms with Gasteiger partial charge in [0.1, 0.15) is 0 Å². The first-order valence-electron chi connectivity index (χ1n) is 9.32. The van der Waals surface area contributed by atoms with Gasteiger partial charge in [0.15, 0.2) is 0 Å². The van der Waals surface area contributed by atoms with E-state index in [1.807, 2.05) is 28.9 Å². The lowest BCUT2D eigenvalue weighted by Crippen LogP contribution is -2.47. The summed E-state index contributed by atoms with van der Waals surface area (Å²) in [4.78, 5) is 0. The summed E-state index contributed by atoms with van der Waals surface area (Å²) in [6.07, 6.45) is 3.08. The molecule has 0 bridgehead atoms. The van der Waals surface area contributed by atoms with Gasteiger partial charge in [0, 0.05) is 48.5 Å². The topological polar surface area (TPSA) is 48.3 Å². The largest absolute Gasteiger partial charge is 0.378 e. The number of halogens is 1. The van der Waals surface area contributed by atoms with Crippen LogP contribution in [-0.4, -0.2) is 41.2 Å². The molecule has 2 saturated heterocycles. The van der Waals surface area contributed by atoms with Gasteiger partial charge in [-0.25, -0.2) is 4.68 Å². The van der Waals surface area contributed by atoms with Gasteiger partial charge in [0.05, 0.1) is 23.6 Å². The Hall–Kier alpha value is -1.40. The Morgan fingerprint density at radius 3 is 2.81 bits per heavy atom. The molecule has 1 N–H and O–H groups in total. The molecule has 5 nitrogen and oxygen atoms in total. The lowest BCUT2D eigenvalue weighted by Gasteiger charge is -2.37. The van der Waals surface area contributed by atoms with Gasteiger partial charge in [-0.05, 0) is 51.0 Å². The molecule has 140 valence electrons. The molecule has 26 heavy (non-hydrogen) atoms. The monoisotopic (exact) mass is 375 g/mol. The number of aryl methyl sites for hydroxylation is 1. The first-order valence-corrected chi connectivity index (χ1v) is 9.70. The Morgan fingerprint density at radius 2 is 2.08 bits per heavy atom. The third-order valence-electron chi connectivity index (χ3n) is 5.64. The Kier molecular flexibility index (Phi) is 5.06. The second-order valence-electron chi connectivity index (χ2n) is 7.44. The van der Waals surface area contributed by atoms with Crippen molar-refractivity contribution in [2.24, 2.45) is 0 Å². The van der Waals surface area contributed by atoms with Crippen LogP contribution in [-0.2, 0) is 16.0 Å². The van der Waals surface area contributed by atoms with Gasteiger partial charge in [0.25, 0.3) is 0 Å². The molecule has 2 aliphatic heterocycles. The van der Waals surface area contributed by atoms with Crippen molar-refractivity contribution in [2.45, 2.75) is 51.3 Å². The van der Waals surface area contributed by atoms with Crippen molar-refractivity contribution in [1.82, 2.24) is 15.1 Å². The van der Waals surface area contributed by atoms with Crippen LogP contribution in [0.2, 0.25) is 5.02 Å². The van der Waals surface area contributed by atoms with E-state index in [1.54, 1.807) is 0 Å². The summed E-state index contributed by atoms with van der Waals surface area (Å²) in [5.74, 6) is 0. The second-order valence-corrected chi connectivity index (χ2v) is 7.88. The summed E-state index contributed by atoms with van der Waals surface area (Å²) in [5.41, 5.74) is 4.48. The highest BCUT2D eigenvalue weighted by molar-refractivity contribution is 6.30. The molecule has 3 heterocycles. The molecular weight excluding hydrogens is 350 g/mol. The average molecular weight is 376 g/mol. The highest BCUT2D eigenvalue weighted by atomic mass is 35.5. The van der Waals surface area contributed by atoms with E-state index in [9.17, 15) is 0 Å². The van der Waals surface area contributed by atoms with Gasteiger partial charge >= 0.3 is 0 Å². The molecule has 1 aromatic carbocycles. The third kappa shape index (κ3) is 3.54. The van der Waals surface area contributed by atoms with Crippen LogP contribution in [0.5, 0.6) is 0 Å². The van der Waals surface area contributed by atoms with Gasteiger partial charge in [-0.1, -0.05) is 11.6 Å². The fourth-order valence-corrected chi connectivity index (χ4v) is 4.20. The quantitative estimate of drug-likeness (QED) is 0.887. The number of hydrogen-bond donors (Lipinski definition) is 1. The lowest BCUT2D eigenvalue weighted by atomic mass is 9.89. The molecule has 4 rings (SSSR count). The van der Waals surface area contributed by atoms with Crippen molar-refractivity contribution in [3.8, 4) is 5.69 Å². The summed E-state index contributed by atoms with van der Waals surface area (Å²) >= 11 is 6.00. The van der Waals surface area contributed by atoms with Crippen LogP contribution >= 0.6 is 11.6 Å². The summed E-state index contributed by atoms with van der Waals surface area (Å²) < 4.78 is 13.6. The number of aromatic nitrogens is 2. The zero-order chi connectivity index (χ0) is 18.1. The number of rotatable bonds is 4. The van der Waals surface area contributed by atoms with Crippen LogP contribution in [0.4, 0.5) is 0 Å². The molecular formula is C20H26ClN3O2. The Labute approximate surface area is 159 Å². The summed E-state index contributed by atoms with van der Waals surface area (Å²) in [6, 6.07) is 8.26. The SMILES string of the molecule is Cc1nn(-c2ccc(Cl)cc2)c(C)c1CN[C@@H]1CCO[C@@]2(CCOC2)C1. The molecule has 2 fully saturated rings. The van der Waals surface area contributed by atoms with E-state index in [2.05, 4.69) is 19.2 Å². The average Bonchev–Trinajstić information content (AvgIpc) is 3.19. The standard InChI is InChI=1S/C20H26ClN3O2/c1-14-19(15(2)24(23-14)18-5-3-16(21)4-6-18)12-22-17-7-9-26-20(11-17)8-10-25-13-20/h3-6,17,22H,7-13H2,1-2H3/t17-,20+/m1/s1. The maximum Gasteiger partial charge on any atom is 0.0951 e. The van der Waals surface area contributed by atoms with E-state index >= 15 is 0 Å². The van der Waals surface area contributed by atoms with Gasteiger partial charge in [-0.3, -0.25) is 0 Å². The fraction of sp³-hybridized carbons (Fsp3) is 0.550. The van der Waals surface area contributed by atoms with E-state index in [-0.39, 0.29) is 5.60 Å². The molecule has 0 radical (unpaired) electrons. The van der Waals surface area contributed by atoms with E-state index in [1.165, 1.54) is 11.3 Å². The molecule has 0 aliphatic carbocycles. The van der Waals surface area contributed by atoms with Gasteiger partial charge in [-0.2, -0.15) is 5.10 Å². The van der Waals surface area contributed by atoms with E-state index < -0.39 is 0 Å². The molecule has 2 aliphatic rings. The minimum absolute atomic E-state index is 0.0620. The molecule has 1 aromatic heterocycles. The highest BCUT2D eigenvalue weighted by Crippen LogP contribution is 2.33. The lowest BCUT2D eigenvalue weighted by molar-refractivity contribution is -0.0894. The van der Waals surface area contributed by atoms with Gasteiger partial charge in [-0.15, -0.1) is 0 Å². The normalized spacial score (nSPS) is 25.9. The smallest absolute Gasteiger partial charge is 0.0951 e. The third-order valence-corrected chi connectivity index (χ3v) is 5.89. The second kappa shape index (κ2) is 7.31. The summed E-state index contributed by atoms with van der Waals surface area (Å²) in [5, 5.41) is 9.21. The van der Waals surface area contributed by atoms with Crippen molar-refractivity contribution < 1.29 is 9.47 Å². The molecule has 2 atom stereocenters. The first-order chi connectivity index (χ1) is 12.6. The maximum absolute atomic E-state index is 6.04. The Bertz CT molecular complexity index is 766. The Balaban J connectivity index is 1.46. The van der Waals surface area contributed by atoms with Crippen LogP contribution in [0.1, 0.15) is 36.2 Å². The van der Waals surface area contributed by atoms with Crippen LogP contribution in [0.3, 0.4) is 0 Å². The number of benzene rings is 1. The molecule has 6 heteroatoms. The zero-order valence-corrected chi connectivity index (χ0v) is 16.2. The maximum atomic E-state index is 6.04. The number of ether oxygens (including phenoxy) is 2. The summed E-state index contributed by atoms with van der Waals surface area (Å²) in [7, 11) is 0. The van der Waals surface area contributed by atoms with Crippen LogP contribution in [0.15, 0.2) is 24.3 Å². The van der Waals surface area contributed by atoms with Gasteiger partial charge < -0.3 is 14.8 Å². The first kappa shape index (κ1) is 18.0. The number of hydrogen-bond acceptors (Lipinski definition) is 4. The van der Waals surface area contributed by atoms with Crippen LogP contribution in [0, 0.1) is 13.8 Å². The van der Waals surface area contributed by atoms with Crippen LogP contribution < -0.4 is 5.32 Å². The number of nitrogens with zero attached hydrogens (tertiary/aromatic N) is 2. The minimum Gasteiger partial charge on any atom is -0.378 e. The van der Waals surface area contributed by atoms with E-state index in [0.29, 0.717) is 6.04 Å². The van der Waals surface area contributed by atoms with Crippen molar-refractivity contribution >= 4 is 11.6 Å². The zero-order valence-electron chi connectivity index (χ0n) is 15.4. The van der Waals surface area contributed by atoms with E-state index in [4.69, 9.17) is 26.2 Å². The predicted molar refractivity (Wildman–Crippen MR) is 102 cm³/mol. The van der Waals surface area contributed by atoms with Crippen molar-refractivity contribution in [1.29, 1.82) is 0 Å². The minimum atomic E-state index is -0.0620. The molecule has 0 unspecified atom stereocenters. The van der Waals surface area contributed by atoms with Crippen molar-refractivity contribution in [3.05, 3.63) is 46.2 Å². The predicted octanol–water partition coefficient (Wildman–Crippen LogP) is 3.57. The molecule has 0 saturated carbocycles. The summed E-state index contributed by atoms with van der Waals surface area (Å²) in [6.45, 7) is 7.39. The van der Waals surface area contributed by atoms with E-state index in [0.717, 1.165) is 62.0 Å². The molecule has 1 spiro atoms. The molecule has 2 aromatic rings. The Morgan fingerprint density at radius 1 is 1.27 bits per heavy atom. The van der Waals surface area contributed by atoms with Crippen molar-refractivity contribution in [3.63, 3.8) is 0 Å². The van der Waals surface area contributed by atoms with Crippen molar-refractivity contribution in [2.75, 3.05) is 19.8 Å². The number of nitrogens with one attached hydrogen (secondary N) is 1. The molecule has 0 amide bonds. The highest BCUT2D eigenvalue weighted by Gasteiger charge is 2.40.